The Balaban J connectivity index is 2.22. The molecule has 0 saturated heterocycles. The first-order valence-electron chi connectivity index (χ1n) is 6.97. The Bertz CT molecular complexity index is 451. The molecule has 0 fully saturated rings. The maximum atomic E-state index is 11.7. The number of nitrogens with one attached hydrogen (secondary N) is 2. The molecule has 1 unspecified atom stereocenters. The summed E-state index contributed by atoms with van der Waals surface area (Å²) in [6.07, 6.45) is 2.56. The molecule has 1 aromatic rings. The summed E-state index contributed by atoms with van der Waals surface area (Å²) in [6.45, 7) is 6.46. The van der Waals surface area contributed by atoms with Gasteiger partial charge in [-0.2, -0.15) is 0 Å². The summed E-state index contributed by atoms with van der Waals surface area (Å²) in [5.41, 5.74) is 0. The molecular formula is C14H22N4O3. The molecule has 1 rings (SSSR count). The van der Waals surface area contributed by atoms with Gasteiger partial charge in [-0.1, -0.05) is 13.8 Å². The van der Waals surface area contributed by atoms with Crippen LogP contribution in [0.2, 0.25) is 0 Å². The van der Waals surface area contributed by atoms with Crippen molar-refractivity contribution in [1.82, 2.24) is 15.3 Å². The third-order valence-electron chi connectivity index (χ3n) is 2.54. The first-order chi connectivity index (χ1) is 9.99. The van der Waals surface area contributed by atoms with Gasteiger partial charge in [-0.25, -0.2) is 9.97 Å². The zero-order chi connectivity index (χ0) is 15.7. The van der Waals surface area contributed by atoms with Crippen molar-refractivity contribution in [3.8, 4) is 0 Å². The van der Waals surface area contributed by atoms with Crippen LogP contribution in [0, 0.1) is 5.92 Å². The van der Waals surface area contributed by atoms with E-state index in [0.29, 0.717) is 25.0 Å². The maximum Gasteiger partial charge on any atom is 0.308 e. The molecular weight excluding hydrogens is 272 g/mol. The molecule has 7 nitrogen and oxygen atoms in total. The van der Waals surface area contributed by atoms with E-state index in [4.69, 9.17) is 4.74 Å². The van der Waals surface area contributed by atoms with Crippen LogP contribution >= 0.6 is 0 Å². The van der Waals surface area contributed by atoms with Crippen molar-refractivity contribution in [3.63, 3.8) is 0 Å². The fourth-order valence-electron chi connectivity index (χ4n) is 1.42. The Morgan fingerprint density at radius 2 is 1.90 bits per heavy atom. The van der Waals surface area contributed by atoms with Gasteiger partial charge in [-0.3, -0.25) is 9.59 Å². The highest BCUT2D eigenvalue weighted by Crippen LogP contribution is 1.98. The number of ether oxygens (including phenoxy) is 1. The number of anilines is 1. The zero-order valence-electron chi connectivity index (χ0n) is 12.6. The van der Waals surface area contributed by atoms with E-state index >= 15 is 0 Å². The van der Waals surface area contributed by atoms with Gasteiger partial charge in [0.05, 0.1) is 6.42 Å². The van der Waals surface area contributed by atoms with Crippen LogP contribution in [0.15, 0.2) is 18.5 Å². The lowest BCUT2D eigenvalue weighted by atomic mass is 10.2. The monoisotopic (exact) mass is 294 g/mol. The normalized spacial score (nSPS) is 11.8. The minimum Gasteiger partial charge on any atom is -0.452 e. The second-order valence-corrected chi connectivity index (χ2v) is 5.02. The third kappa shape index (κ3) is 7.24. The second kappa shape index (κ2) is 8.89. The Labute approximate surface area is 124 Å². The van der Waals surface area contributed by atoms with Crippen molar-refractivity contribution < 1.29 is 14.3 Å². The summed E-state index contributed by atoms with van der Waals surface area (Å²) in [5.74, 6) is 0.0852. The van der Waals surface area contributed by atoms with Crippen LogP contribution in [0.3, 0.4) is 0 Å². The minimum absolute atomic E-state index is 0.139. The summed E-state index contributed by atoms with van der Waals surface area (Å²) in [4.78, 5) is 31.2. The first-order valence-corrected chi connectivity index (χ1v) is 6.97. The van der Waals surface area contributed by atoms with Gasteiger partial charge in [-0.15, -0.1) is 0 Å². The molecule has 1 aromatic heterocycles. The third-order valence-corrected chi connectivity index (χ3v) is 2.54. The molecule has 0 aliphatic rings. The molecule has 1 atom stereocenters. The standard InChI is InChI=1S/C14H22N4O3/c1-10(2)9-18-13(20)11(3)21-12(19)5-8-17-14-15-6-4-7-16-14/h4,6-7,10-11H,5,8-9H2,1-3H3,(H,18,20)(H,15,16,17). The molecule has 0 aliphatic carbocycles. The average Bonchev–Trinajstić information content (AvgIpc) is 2.45. The molecule has 0 radical (unpaired) electrons. The lowest BCUT2D eigenvalue weighted by Crippen LogP contribution is -2.37. The van der Waals surface area contributed by atoms with E-state index in [1.165, 1.54) is 0 Å². The van der Waals surface area contributed by atoms with E-state index in [0.717, 1.165) is 0 Å². The Morgan fingerprint density at radius 3 is 2.52 bits per heavy atom. The second-order valence-electron chi connectivity index (χ2n) is 5.02. The van der Waals surface area contributed by atoms with Crippen molar-refractivity contribution in [3.05, 3.63) is 18.5 Å². The number of carbonyl (C=O) groups is 2. The van der Waals surface area contributed by atoms with Crippen molar-refractivity contribution in [2.75, 3.05) is 18.4 Å². The van der Waals surface area contributed by atoms with Crippen molar-refractivity contribution in [2.45, 2.75) is 33.3 Å². The van der Waals surface area contributed by atoms with Gasteiger partial charge in [0.15, 0.2) is 6.10 Å². The lowest BCUT2D eigenvalue weighted by Gasteiger charge is -2.14. The Hall–Kier alpha value is -2.18. The zero-order valence-corrected chi connectivity index (χ0v) is 12.6. The molecule has 0 bridgehead atoms. The van der Waals surface area contributed by atoms with E-state index in [1.807, 2.05) is 13.8 Å². The molecule has 21 heavy (non-hydrogen) atoms. The number of carbonyl (C=O) groups excluding carboxylic acids is 2. The summed E-state index contributed by atoms with van der Waals surface area (Å²) in [7, 11) is 0. The quantitative estimate of drug-likeness (QED) is 0.694. The number of rotatable bonds is 8. The van der Waals surface area contributed by atoms with Crippen molar-refractivity contribution in [1.29, 1.82) is 0 Å². The highest BCUT2D eigenvalue weighted by atomic mass is 16.5. The average molecular weight is 294 g/mol. The van der Waals surface area contributed by atoms with Crippen LogP contribution in [0.25, 0.3) is 0 Å². The fourth-order valence-corrected chi connectivity index (χ4v) is 1.42. The van der Waals surface area contributed by atoms with Crippen LogP contribution in [0.4, 0.5) is 5.95 Å². The van der Waals surface area contributed by atoms with E-state index in [2.05, 4.69) is 20.6 Å². The van der Waals surface area contributed by atoms with Crippen LogP contribution in [0.1, 0.15) is 27.2 Å². The molecule has 1 amide bonds. The highest BCUT2D eigenvalue weighted by Gasteiger charge is 2.17. The first kappa shape index (κ1) is 16.9. The van der Waals surface area contributed by atoms with Gasteiger partial charge in [0.2, 0.25) is 5.95 Å². The van der Waals surface area contributed by atoms with Gasteiger partial charge in [-0.05, 0) is 18.9 Å². The summed E-state index contributed by atoms with van der Waals surface area (Å²) in [5, 5.41) is 5.61. The summed E-state index contributed by atoms with van der Waals surface area (Å²) < 4.78 is 5.05. The molecule has 2 N–H and O–H groups in total. The topological polar surface area (TPSA) is 93.2 Å². The maximum absolute atomic E-state index is 11.7. The van der Waals surface area contributed by atoms with Gasteiger partial charge in [0, 0.05) is 25.5 Å². The SMILES string of the molecule is CC(C)CNC(=O)C(C)OC(=O)CCNc1ncccn1. The molecule has 0 saturated carbocycles. The van der Waals surface area contributed by atoms with Gasteiger partial charge < -0.3 is 15.4 Å². The smallest absolute Gasteiger partial charge is 0.308 e. The number of amides is 1. The highest BCUT2D eigenvalue weighted by molar-refractivity contribution is 5.83. The van der Waals surface area contributed by atoms with E-state index in [9.17, 15) is 9.59 Å². The Morgan fingerprint density at radius 1 is 1.24 bits per heavy atom. The number of nitrogens with zero attached hydrogens (tertiary/aromatic N) is 2. The van der Waals surface area contributed by atoms with E-state index in [1.54, 1.807) is 25.4 Å². The summed E-state index contributed by atoms with van der Waals surface area (Å²) in [6, 6.07) is 1.71. The van der Waals surface area contributed by atoms with Gasteiger partial charge >= 0.3 is 5.97 Å². The van der Waals surface area contributed by atoms with Gasteiger partial charge in [0.25, 0.3) is 5.91 Å². The predicted molar refractivity (Wildman–Crippen MR) is 78.5 cm³/mol. The fraction of sp³-hybridized carbons (Fsp3) is 0.571. The van der Waals surface area contributed by atoms with E-state index in [-0.39, 0.29) is 12.3 Å². The van der Waals surface area contributed by atoms with Crippen LogP contribution < -0.4 is 10.6 Å². The van der Waals surface area contributed by atoms with Gasteiger partial charge in [0.1, 0.15) is 0 Å². The Kier molecular flexibility index (Phi) is 7.14. The number of aromatic nitrogens is 2. The lowest BCUT2D eigenvalue weighted by molar-refractivity contribution is -0.154. The minimum atomic E-state index is -0.788. The van der Waals surface area contributed by atoms with Crippen molar-refractivity contribution >= 4 is 17.8 Å². The number of hydrogen-bond acceptors (Lipinski definition) is 6. The largest absolute Gasteiger partial charge is 0.452 e. The van der Waals surface area contributed by atoms with Crippen LogP contribution in [-0.2, 0) is 14.3 Å². The summed E-state index contributed by atoms with van der Waals surface area (Å²) >= 11 is 0. The van der Waals surface area contributed by atoms with Crippen LogP contribution in [-0.4, -0.2) is 41.0 Å². The molecule has 0 aliphatic heterocycles. The number of hydrogen-bond donors (Lipinski definition) is 2. The molecule has 7 heteroatoms. The molecule has 0 spiro atoms. The van der Waals surface area contributed by atoms with Crippen molar-refractivity contribution in [2.24, 2.45) is 5.92 Å². The predicted octanol–water partition coefficient (Wildman–Crippen LogP) is 0.982. The molecule has 116 valence electrons. The van der Waals surface area contributed by atoms with Crippen LogP contribution in [0.5, 0.6) is 0 Å². The molecule has 0 aromatic carbocycles. The molecule has 1 heterocycles. The van der Waals surface area contributed by atoms with E-state index < -0.39 is 12.1 Å². The number of esters is 1.